The summed E-state index contributed by atoms with van der Waals surface area (Å²) in [5.41, 5.74) is 2.07. The third kappa shape index (κ3) is 1.80. The average Bonchev–Trinajstić information content (AvgIpc) is 2.76. The third-order valence-corrected chi connectivity index (χ3v) is 2.86. The Labute approximate surface area is 98.3 Å². The van der Waals surface area contributed by atoms with Crippen molar-refractivity contribution in [1.29, 1.82) is 0 Å². The quantitative estimate of drug-likeness (QED) is 0.656. The Hall–Kier alpha value is -2.16. The molecule has 3 aromatic rings. The lowest BCUT2D eigenvalue weighted by molar-refractivity contribution is 0.639. The van der Waals surface area contributed by atoms with Crippen molar-refractivity contribution >= 4 is 10.9 Å². The van der Waals surface area contributed by atoms with E-state index in [-0.39, 0.29) is 5.82 Å². The third-order valence-electron chi connectivity index (χ3n) is 2.86. The maximum absolute atomic E-state index is 13.5. The molecule has 0 amide bonds. The molecule has 0 aliphatic carbocycles. The number of hydrogen-bond acceptors (Lipinski definition) is 1. The molecule has 3 heteroatoms. The predicted molar refractivity (Wildman–Crippen MR) is 65.2 cm³/mol. The van der Waals surface area contributed by atoms with Crippen molar-refractivity contribution in [2.24, 2.45) is 0 Å². The molecule has 0 bridgehead atoms. The van der Waals surface area contributed by atoms with Crippen LogP contribution in [0.15, 0.2) is 55.0 Å². The highest BCUT2D eigenvalue weighted by Crippen LogP contribution is 2.19. The number of pyridine rings is 1. The molecule has 1 aromatic carbocycles. The van der Waals surface area contributed by atoms with E-state index in [4.69, 9.17) is 0 Å². The first-order valence-corrected chi connectivity index (χ1v) is 5.47. The molecular weight excluding hydrogens is 215 g/mol. The lowest BCUT2D eigenvalue weighted by Crippen LogP contribution is -1.97. The monoisotopic (exact) mass is 226 g/mol. The standard InChI is InChI=1S/C14H11FN2/c15-13-2-1-3-14-12(13)6-9-17(14)10-11-4-7-16-8-5-11/h1-9H,10H2. The second-order valence-electron chi connectivity index (χ2n) is 3.97. The molecule has 2 aromatic heterocycles. The number of aromatic nitrogens is 2. The van der Waals surface area contributed by atoms with Gasteiger partial charge in [-0.1, -0.05) is 6.07 Å². The van der Waals surface area contributed by atoms with E-state index in [1.807, 2.05) is 35.0 Å². The van der Waals surface area contributed by atoms with Gasteiger partial charge in [-0.25, -0.2) is 4.39 Å². The molecule has 84 valence electrons. The van der Waals surface area contributed by atoms with Gasteiger partial charge in [-0.3, -0.25) is 4.98 Å². The summed E-state index contributed by atoms with van der Waals surface area (Å²) in [6, 6.07) is 10.9. The Morgan fingerprint density at radius 3 is 2.71 bits per heavy atom. The van der Waals surface area contributed by atoms with E-state index in [1.54, 1.807) is 18.5 Å². The van der Waals surface area contributed by atoms with Gasteiger partial charge in [0, 0.05) is 30.5 Å². The fourth-order valence-corrected chi connectivity index (χ4v) is 2.01. The second kappa shape index (κ2) is 4.01. The molecule has 0 aliphatic heterocycles. The Morgan fingerprint density at radius 2 is 1.88 bits per heavy atom. The van der Waals surface area contributed by atoms with Gasteiger partial charge in [0.25, 0.3) is 0 Å². The molecule has 2 nitrogen and oxygen atoms in total. The molecule has 2 heterocycles. The Kier molecular flexibility index (Phi) is 2.37. The number of fused-ring (bicyclic) bond motifs is 1. The van der Waals surface area contributed by atoms with Gasteiger partial charge in [-0.2, -0.15) is 0 Å². The average molecular weight is 226 g/mol. The number of nitrogens with zero attached hydrogens (tertiary/aromatic N) is 2. The van der Waals surface area contributed by atoms with Crippen molar-refractivity contribution in [1.82, 2.24) is 9.55 Å². The molecule has 0 fully saturated rings. The Bertz CT molecular complexity index is 644. The fraction of sp³-hybridized carbons (Fsp3) is 0.0714. The summed E-state index contributed by atoms with van der Waals surface area (Å²) >= 11 is 0. The van der Waals surface area contributed by atoms with E-state index in [0.717, 1.165) is 17.6 Å². The molecule has 17 heavy (non-hydrogen) atoms. The van der Waals surface area contributed by atoms with Crippen molar-refractivity contribution < 1.29 is 4.39 Å². The van der Waals surface area contributed by atoms with Crippen molar-refractivity contribution in [3.05, 3.63) is 66.4 Å². The normalized spacial score (nSPS) is 10.9. The molecule has 3 rings (SSSR count). The molecule has 0 aliphatic rings. The fourth-order valence-electron chi connectivity index (χ4n) is 2.01. The summed E-state index contributed by atoms with van der Waals surface area (Å²) in [7, 11) is 0. The molecule has 0 atom stereocenters. The summed E-state index contributed by atoms with van der Waals surface area (Å²) in [6.07, 6.45) is 5.44. The highest BCUT2D eigenvalue weighted by Gasteiger charge is 2.05. The van der Waals surface area contributed by atoms with Gasteiger partial charge in [0.05, 0.1) is 5.52 Å². The van der Waals surface area contributed by atoms with Gasteiger partial charge in [0.15, 0.2) is 0 Å². The second-order valence-corrected chi connectivity index (χ2v) is 3.97. The zero-order chi connectivity index (χ0) is 11.7. The van der Waals surface area contributed by atoms with Crippen LogP contribution in [0.4, 0.5) is 4.39 Å². The van der Waals surface area contributed by atoms with E-state index in [9.17, 15) is 4.39 Å². The first-order chi connectivity index (χ1) is 8.34. The van der Waals surface area contributed by atoms with E-state index >= 15 is 0 Å². The van der Waals surface area contributed by atoms with Crippen LogP contribution in [0.5, 0.6) is 0 Å². The topological polar surface area (TPSA) is 17.8 Å². The minimum atomic E-state index is -0.170. The molecule has 0 saturated carbocycles. The van der Waals surface area contributed by atoms with Gasteiger partial charge in [0.2, 0.25) is 0 Å². The number of benzene rings is 1. The predicted octanol–water partition coefficient (Wildman–Crippen LogP) is 3.22. The Morgan fingerprint density at radius 1 is 1.06 bits per heavy atom. The van der Waals surface area contributed by atoms with Crippen molar-refractivity contribution in [3.63, 3.8) is 0 Å². The van der Waals surface area contributed by atoms with Gasteiger partial charge < -0.3 is 4.57 Å². The van der Waals surface area contributed by atoms with Gasteiger partial charge >= 0.3 is 0 Å². The summed E-state index contributed by atoms with van der Waals surface area (Å²) in [6.45, 7) is 0.732. The SMILES string of the molecule is Fc1cccc2c1ccn2Cc1ccncc1. The van der Waals surface area contributed by atoms with Crippen LogP contribution in [0, 0.1) is 5.82 Å². The van der Waals surface area contributed by atoms with E-state index in [1.165, 1.54) is 6.07 Å². The van der Waals surface area contributed by atoms with E-state index in [2.05, 4.69) is 4.98 Å². The van der Waals surface area contributed by atoms with Crippen LogP contribution in [-0.2, 0) is 6.54 Å². The van der Waals surface area contributed by atoms with Crippen molar-refractivity contribution in [2.75, 3.05) is 0 Å². The van der Waals surface area contributed by atoms with Gasteiger partial charge in [-0.15, -0.1) is 0 Å². The lowest BCUT2D eigenvalue weighted by Gasteiger charge is -2.05. The number of halogens is 1. The molecule has 0 saturated heterocycles. The number of rotatable bonds is 2. The minimum absolute atomic E-state index is 0.170. The van der Waals surface area contributed by atoms with E-state index in [0.29, 0.717) is 5.39 Å². The summed E-state index contributed by atoms with van der Waals surface area (Å²) in [5.74, 6) is -0.170. The van der Waals surface area contributed by atoms with Gasteiger partial charge in [0.1, 0.15) is 5.82 Å². The zero-order valence-electron chi connectivity index (χ0n) is 9.18. The van der Waals surface area contributed by atoms with Crippen LogP contribution < -0.4 is 0 Å². The summed E-state index contributed by atoms with van der Waals surface area (Å²) in [5, 5.41) is 0.668. The highest BCUT2D eigenvalue weighted by atomic mass is 19.1. The van der Waals surface area contributed by atoms with Crippen molar-refractivity contribution in [3.8, 4) is 0 Å². The first kappa shape index (κ1) is 10.0. The highest BCUT2D eigenvalue weighted by molar-refractivity contribution is 5.80. The zero-order valence-corrected chi connectivity index (χ0v) is 9.18. The van der Waals surface area contributed by atoms with Crippen molar-refractivity contribution in [2.45, 2.75) is 6.54 Å². The van der Waals surface area contributed by atoms with Gasteiger partial charge in [-0.05, 0) is 35.9 Å². The van der Waals surface area contributed by atoms with Crippen LogP contribution in [0.3, 0.4) is 0 Å². The molecule has 0 spiro atoms. The maximum Gasteiger partial charge on any atom is 0.132 e. The molecule has 0 radical (unpaired) electrons. The van der Waals surface area contributed by atoms with Crippen LogP contribution in [-0.4, -0.2) is 9.55 Å². The van der Waals surface area contributed by atoms with E-state index < -0.39 is 0 Å². The minimum Gasteiger partial charge on any atom is -0.343 e. The van der Waals surface area contributed by atoms with Crippen LogP contribution in [0.25, 0.3) is 10.9 Å². The smallest absolute Gasteiger partial charge is 0.132 e. The molecule has 0 N–H and O–H groups in total. The summed E-state index contributed by atoms with van der Waals surface area (Å²) < 4.78 is 15.6. The maximum atomic E-state index is 13.5. The lowest BCUT2D eigenvalue weighted by atomic mass is 10.2. The summed E-state index contributed by atoms with van der Waals surface area (Å²) in [4.78, 5) is 3.98. The van der Waals surface area contributed by atoms with Crippen LogP contribution >= 0.6 is 0 Å². The molecular formula is C14H11FN2. The first-order valence-electron chi connectivity index (χ1n) is 5.47. The van der Waals surface area contributed by atoms with Crippen LogP contribution in [0.2, 0.25) is 0 Å². The Balaban J connectivity index is 2.05. The largest absolute Gasteiger partial charge is 0.343 e. The van der Waals surface area contributed by atoms with Crippen LogP contribution in [0.1, 0.15) is 5.56 Å². The number of hydrogen-bond donors (Lipinski definition) is 0. The molecule has 0 unspecified atom stereocenters.